The average molecular weight is 293 g/mol. The maximum Gasteiger partial charge on any atom is 0.417 e. The maximum atomic E-state index is 12.7. The number of ketones is 1. The molecule has 0 aliphatic rings. The molecule has 0 saturated carbocycles. The van der Waals surface area contributed by atoms with Gasteiger partial charge >= 0.3 is 6.18 Å². The second kappa shape index (κ2) is 5.24. The minimum absolute atomic E-state index is 0.279. The summed E-state index contributed by atoms with van der Waals surface area (Å²) in [6, 6.07) is 1.91. The third-order valence-corrected chi connectivity index (χ3v) is 2.42. The van der Waals surface area contributed by atoms with E-state index in [0.29, 0.717) is 6.07 Å². The lowest BCUT2D eigenvalue weighted by molar-refractivity contribution is -0.385. The van der Waals surface area contributed by atoms with Gasteiger partial charge in [0.1, 0.15) is 6.07 Å². The molecule has 0 saturated heterocycles. The van der Waals surface area contributed by atoms with Gasteiger partial charge in [-0.1, -0.05) is 0 Å². The monoisotopic (exact) mass is 292 g/mol. The van der Waals surface area contributed by atoms with E-state index in [0.717, 1.165) is 0 Å². The van der Waals surface area contributed by atoms with Crippen LogP contribution in [0.5, 0.6) is 0 Å². The summed E-state index contributed by atoms with van der Waals surface area (Å²) in [5.41, 5.74) is -3.99. The summed E-state index contributed by atoms with van der Waals surface area (Å²) in [7, 11) is 0. The van der Waals surface area contributed by atoms with Crippen molar-refractivity contribution < 1.29 is 22.9 Å². The third-order valence-electron chi connectivity index (χ3n) is 2.18. The fraction of sp³-hybridized carbons (Fsp3) is 0.200. The third kappa shape index (κ3) is 3.00. The average Bonchev–Trinajstić information content (AvgIpc) is 2.34. The molecule has 0 aliphatic heterocycles. The molecule has 1 aromatic rings. The Kier molecular flexibility index (Phi) is 4.11. The molecule has 5 nitrogen and oxygen atoms in total. The van der Waals surface area contributed by atoms with Crippen molar-refractivity contribution in [3.8, 4) is 6.07 Å². The van der Waals surface area contributed by atoms with Gasteiger partial charge in [-0.05, 0) is 6.07 Å². The van der Waals surface area contributed by atoms with Crippen LogP contribution in [0.4, 0.5) is 18.9 Å². The number of nitro groups is 1. The molecule has 0 unspecified atom stereocenters. The molecule has 0 N–H and O–H groups in total. The zero-order valence-electron chi connectivity index (χ0n) is 8.99. The summed E-state index contributed by atoms with van der Waals surface area (Å²) in [6.07, 6.45) is -4.90. The van der Waals surface area contributed by atoms with E-state index in [1.54, 1.807) is 0 Å². The zero-order chi connectivity index (χ0) is 14.8. The lowest BCUT2D eigenvalue weighted by Gasteiger charge is -2.10. The molecule has 1 aromatic carbocycles. The van der Waals surface area contributed by atoms with Crippen molar-refractivity contribution in [3.63, 3.8) is 0 Å². The summed E-state index contributed by atoms with van der Waals surface area (Å²) >= 11 is 5.19. The van der Waals surface area contributed by atoms with Crippen LogP contribution in [0.3, 0.4) is 0 Å². The number of carbonyl (C=O) groups is 1. The van der Waals surface area contributed by atoms with Gasteiger partial charge in [-0.25, -0.2) is 0 Å². The number of rotatable bonds is 3. The van der Waals surface area contributed by atoms with Crippen LogP contribution in [0.2, 0.25) is 0 Å². The Morgan fingerprint density at radius 2 is 2.05 bits per heavy atom. The molecule has 0 bridgehead atoms. The van der Waals surface area contributed by atoms with Gasteiger partial charge in [0, 0.05) is 6.07 Å². The molecule has 0 spiro atoms. The highest BCUT2D eigenvalue weighted by Crippen LogP contribution is 2.35. The van der Waals surface area contributed by atoms with E-state index >= 15 is 0 Å². The van der Waals surface area contributed by atoms with E-state index < -0.39 is 45.1 Å². The molecule has 1 rings (SSSR count). The van der Waals surface area contributed by atoms with E-state index in [2.05, 4.69) is 0 Å². The number of carbonyl (C=O) groups excluding carboxylic acids is 1. The second-order valence-electron chi connectivity index (χ2n) is 3.34. The van der Waals surface area contributed by atoms with Crippen LogP contribution in [-0.2, 0) is 6.18 Å². The summed E-state index contributed by atoms with van der Waals surface area (Å²) < 4.78 is 38.0. The number of nitriles is 1. The predicted octanol–water partition coefficient (Wildman–Crippen LogP) is 2.91. The summed E-state index contributed by atoms with van der Waals surface area (Å²) in [6.45, 7) is 0. The Morgan fingerprint density at radius 3 is 2.42 bits per heavy atom. The fourth-order valence-corrected chi connectivity index (χ4v) is 1.51. The Bertz CT molecular complexity index is 593. The Balaban J connectivity index is 3.68. The van der Waals surface area contributed by atoms with Crippen LogP contribution in [-0.4, -0.2) is 16.6 Å². The summed E-state index contributed by atoms with van der Waals surface area (Å²) in [5.74, 6) is -1.73. The van der Waals surface area contributed by atoms with Gasteiger partial charge in [0.05, 0.1) is 27.5 Å². The lowest BCUT2D eigenvalue weighted by atomic mass is 10.00. The molecule has 100 valence electrons. The maximum absolute atomic E-state index is 12.7. The number of nitrogens with zero attached hydrogens (tertiary/aromatic N) is 2. The molecule has 0 atom stereocenters. The molecule has 0 fully saturated rings. The lowest BCUT2D eigenvalue weighted by Crippen LogP contribution is -2.13. The van der Waals surface area contributed by atoms with Crippen LogP contribution >= 0.6 is 11.6 Å². The number of Topliss-reactive ketones (excluding diaryl/α,β-unsaturated/α-hetero) is 1. The number of benzene rings is 1. The fourth-order valence-electron chi connectivity index (χ4n) is 1.36. The number of hydrogen-bond donors (Lipinski definition) is 0. The highest BCUT2D eigenvalue weighted by atomic mass is 35.5. The smallest absolute Gasteiger partial charge is 0.293 e. The van der Waals surface area contributed by atoms with Gasteiger partial charge in [0.2, 0.25) is 0 Å². The topological polar surface area (TPSA) is 84.0 Å². The second-order valence-corrected chi connectivity index (χ2v) is 3.61. The van der Waals surface area contributed by atoms with Crippen LogP contribution in [0.15, 0.2) is 12.1 Å². The Morgan fingerprint density at radius 1 is 1.47 bits per heavy atom. The van der Waals surface area contributed by atoms with E-state index in [9.17, 15) is 28.1 Å². The van der Waals surface area contributed by atoms with Crippen molar-refractivity contribution in [2.75, 3.05) is 5.88 Å². The van der Waals surface area contributed by atoms with Gasteiger partial charge in [0.25, 0.3) is 5.69 Å². The van der Waals surface area contributed by atoms with Gasteiger partial charge in [-0.2, -0.15) is 18.4 Å². The minimum atomic E-state index is -4.90. The van der Waals surface area contributed by atoms with E-state index in [1.165, 1.54) is 6.07 Å². The predicted molar refractivity (Wildman–Crippen MR) is 57.9 cm³/mol. The molecule has 0 aromatic heterocycles. The van der Waals surface area contributed by atoms with E-state index in [4.69, 9.17) is 16.9 Å². The van der Waals surface area contributed by atoms with Crippen LogP contribution in [0.25, 0.3) is 0 Å². The molecule has 19 heavy (non-hydrogen) atoms. The van der Waals surface area contributed by atoms with Crippen LogP contribution in [0.1, 0.15) is 21.5 Å². The summed E-state index contributed by atoms with van der Waals surface area (Å²) in [4.78, 5) is 21.0. The van der Waals surface area contributed by atoms with Crippen molar-refractivity contribution in [3.05, 3.63) is 38.9 Å². The standard InChI is InChI=1S/C10H4ClF3N2O3/c11-3-9(17)6-2-7(10(12,13)14)5(4-15)1-8(6)16(18)19/h1-2H,3H2. The van der Waals surface area contributed by atoms with Crippen LogP contribution in [0, 0.1) is 21.4 Å². The normalized spacial score (nSPS) is 10.9. The first-order valence-electron chi connectivity index (χ1n) is 4.61. The number of hydrogen-bond acceptors (Lipinski definition) is 4. The highest BCUT2D eigenvalue weighted by Gasteiger charge is 2.37. The van der Waals surface area contributed by atoms with Gasteiger partial charge in [-0.15, -0.1) is 11.6 Å². The molecule has 0 radical (unpaired) electrons. The van der Waals surface area contributed by atoms with Crippen molar-refractivity contribution >= 4 is 23.1 Å². The van der Waals surface area contributed by atoms with Crippen molar-refractivity contribution in [1.82, 2.24) is 0 Å². The molecule has 0 amide bonds. The zero-order valence-corrected chi connectivity index (χ0v) is 9.75. The van der Waals surface area contributed by atoms with Crippen LogP contribution < -0.4 is 0 Å². The first-order valence-corrected chi connectivity index (χ1v) is 5.14. The van der Waals surface area contributed by atoms with Crippen molar-refractivity contribution in [2.24, 2.45) is 0 Å². The minimum Gasteiger partial charge on any atom is -0.293 e. The first kappa shape index (κ1) is 14.9. The SMILES string of the molecule is N#Cc1cc([N+](=O)[O-])c(C(=O)CCl)cc1C(F)(F)F. The Labute approximate surface area is 109 Å². The molecule has 0 heterocycles. The van der Waals surface area contributed by atoms with Crippen molar-refractivity contribution in [1.29, 1.82) is 5.26 Å². The summed E-state index contributed by atoms with van der Waals surface area (Å²) in [5, 5.41) is 19.3. The first-order chi connectivity index (χ1) is 8.72. The molecular weight excluding hydrogens is 289 g/mol. The van der Waals surface area contributed by atoms with Gasteiger partial charge < -0.3 is 0 Å². The van der Waals surface area contributed by atoms with Crippen molar-refractivity contribution in [2.45, 2.75) is 6.18 Å². The molecule has 0 aliphatic carbocycles. The molecule has 9 heteroatoms. The highest BCUT2D eigenvalue weighted by molar-refractivity contribution is 6.31. The number of nitro benzene ring substituents is 1. The van der Waals surface area contributed by atoms with E-state index in [-0.39, 0.29) is 6.07 Å². The van der Waals surface area contributed by atoms with Gasteiger partial charge in [0.15, 0.2) is 5.78 Å². The van der Waals surface area contributed by atoms with Gasteiger partial charge in [-0.3, -0.25) is 14.9 Å². The van der Waals surface area contributed by atoms with E-state index in [1.807, 2.05) is 0 Å². The quantitative estimate of drug-likeness (QED) is 0.371. The largest absolute Gasteiger partial charge is 0.417 e. The number of alkyl halides is 4. The molecular formula is C10H4ClF3N2O3. The Hall–Kier alpha value is -2.14. The number of halogens is 4.